The van der Waals surface area contributed by atoms with E-state index >= 15 is 0 Å². The number of hydrogen-bond donors (Lipinski definition) is 5. The highest BCUT2D eigenvalue weighted by molar-refractivity contribution is 6.32. The number of pyridine rings is 1. The molecule has 0 fully saturated rings. The number of halogens is 1. The number of nitrogens with zero attached hydrogens (tertiary/aromatic N) is 3. The van der Waals surface area contributed by atoms with Crippen molar-refractivity contribution in [3.63, 3.8) is 0 Å². The fourth-order valence-corrected chi connectivity index (χ4v) is 2.27. The van der Waals surface area contributed by atoms with Crippen LogP contribution in [-0.2, 0) is 6.54 Å². The van der Waals surface area contributed by atoms with E-state index in [-0.39, 0.29) is 23.5 Å². The molecule has 136 valence electrons. The Bertz CT molecular complexity index is 976. The Kier molecular flexibility index (Phi) is 5.31. The topological polar surface area (TPSA) is 131 Å². The third kappa shape index (κ3) is 4.82. The van der Waals surface area contributed by atoms with Crippen molar-refractivity contribution in [3.05, 3.63) is 60.0 Å². The van der Waals surface area contributed by atoms with Gasteiger partial charge in [-0.3, -0.25) is 5.41 Å². The first-order valence-corrected chi connectivity index (χ1v) is 7.92. The highest BCUT2D eigenvalue weighted by Gasteiger charge is 2.09. The number of rotatable bonds is 6. The van der Waals surface area contributed by atoms with Crippen LogP contribution < -0.4 is 10.6 Å². The van der Waals surface area contributed by atoms with Crippen LogP contribution in [-0.4, -0.2) is 32.1 Å². The summed E-state index contributed by atoms with van der Waals surface area (Å²) >= 11 is 0. The van der Waals surface area contributed by atoms with Crippen molar-refractivity contribution in [1.29, 1.82) is 10.8 Å². The summed E-state index contributed by atoms with van der Waals surface area (Å²) in [7, 11) is 0. The molecule has 0 radical (unpaired) electrons. The summed E-state index contributed by atoms with van der Waals surface area (Å²) in [5.41, 5.74) is 1.94. The van der Waals surface area contributed by atoms with E-state index < -0.39 is 0 Å². The lowest BCUT2D eigenvalue weighted by Crippen LogP contribution is -2.14. The first kappa shape index (κ1) is 17.9. The molecule has 0 saturated heterocycles. The molecule has 9 heteroatoms. The maximum Gasteiger partial charge on any atom is 0.225 e. The summed E-state index contributed by atoms with van der Waals surface area (Å²) in [6.45, 7) is 0.368. The van der Waals surface area contributed by atoms with Gasteiger partial charge in [-0.15, -0.1) is 0 Å². The number of amidine groups is 1. The molecule has 0 unspecified atom stereocenters. The van der Waals surface area contributed by atoms with E-state index in [2.05, 4.69) is 25.6 Å². The van der Waals surface area contributed by atoms with E-state index in [0.29, 0.717) is 23.6 Å². The quantitative estimate of drug-likeness (QED) is 0.337. The average molecular weight is 365 g/mol. The molecule has 1 aromatic carbocycles. The number of nitrogens with one attached hydrogen (secondary N) is 4. The third-order valence-electron chi connectivity index (χ3n) is 3.54. The normalized spacial score (nSPS) is 10.3. The Balaban J connectivity index is 1.90. The molecule has 0 aliphatic carbocycles. The number of aromatic nitrogens is 3. The van der Waals surface area contributed by atoms with Gasteiger partial charge in [0.1, 0.15) is 17.5 Å². The summed E-state index contributed by atoms with van der Waals surface area (Å²) in [4.78, 5) is 12.4. The van der Waals surface area contributed by atoms with Crippen molar-refractivity contribution >= 4 is 23.8 Å². The molecular weight excluding hydrogens is 349 g/mol. The van der Waals surface area contributed by atoms with E-state index in [0.717, 1.165) is 11.8 Å². The third-order valence-corrected chi connectivity index (χ3v) is 3.54. The van der Waals surface area contributed by atoms with E-state index in [1.54, 1.807) is 24.3 Å². The highest BCUT2D eigenvalue weighted by Crippen LogP contribution is 2.23. The summed E-state index contributed by atoms with van der Waals surface area (Å²) in [6, 6.07) is 10.8. The van der Waals surface area contributed by atoms with Crippen molar-refractivity contribution in [2.24, 2.45) is 0 Å². The predicted molar refractivity (Wildman–Crippen MR) is 101 cm³/mol. The molecule has 3 rings (SSSR count). The largest absolute Gasteiger partial charge is 0.493 e. The number of anilines is 2. The molecule has 8 nitrogen and oxygen atoms in total. The van der Waals surface area contributed by atoms with E-state index in [9.17, 15) is 9.50 Å². The Morgan fingerprint density at radius 1 is 1.15 bits per heavy atom. The first-order chi connectivity index (χ1) is 13.0. The van der Waals surface area contributed by atoms with Gasteiger partial charge in [-0.05, 0) is 23.8 Å². The van der Waals surface area contributed by atoms with E-state index in [1.165, 1.54) is 24.4 Å². The van der Waals surface area contributed by atoms with Crippen LogP contribution in [0.4, 0.5) is 16.2 Å². The SMILES string of the molecule is N=CC(=N)Nc1cc(-c2ccnc(O)c2)nc(NCc2ccc(F)cc2)n1. The van der Waals surface area contributed by atoms with Crippen LogP contribution in [0.2, 0.25) is 0 Å². The van der Waals surface area contributed by atoms with Gasteiger partial charge in [0.15, 0.2) is 0 Å². The van der Waals surface area contributed by atoms with Crippen molar-refractivity contribution < 1.29 is 9.50 Å². The molecule has 0 atom stereocenters. The van der Waals surface area contributed by atoms with Crippen molar-refractivity contribution in [1.82, 2.24) is 15.0 Å². The van der Waals surface area contributed by atoms with Crippen LogP contribution >= 0.6 is 0 Å². The molecule has 2 aromatic heterocycles. The van der Waals surface area contributed by atoms with E-state index in [1.807, 2.05) is 0 Å². The van der Waals surface area contributed by atoms with Gasteiger partial charge in [-0.1, -0.05) is 12.1 Å². The monoisotopic (exact) mass is 365 g/mol. The lowest BCUT2D eigenvalue weighted by Gasteiger charge is -2.11. The molecule has 5 N–H and O–H groups in total. The number of aromatic hydroxyl groups is 1. The standard InChI is InChI=1S/C18H16FN7O/c19-13-3-1-11(2-4-13)10-23-18-24-14(12-5-6-22-17(27)7-12)8-16(26-18)25-15(21)9-20/h1-9,20H,10H2,(H,22,27)(H3,21,23,24,25,26). The lowest BCUT2D eigenvalue weighted by molar-refractivity contribution is 0.454. The maximum atomic E-state index is 13.0. The summed E-state index contributed by atoms with van der Waals surface area (Å²) < 4.78 is 13.0. The zero-order valence-corrected chi connectivity index (χ0v) is 14.1. The summed E-state index contributed by atoms with van der Waals surface area (Å²) in [5, 5.41) is 30.0. The molecule has 0 aliphatic heterocycles. The smallest absolute Gasteiger partial charge is 0.225 e. The van der Waals surface area contributed by atoms with Crippen LogP contribution in [0, 0.1) is 16.6 Å². The van der Waals surface area contributed by atoms with Gasteiger partial charge in [-0.2, -0.15) is 4.98 Å². The molecule has 0 spiro atoms. The second-order valence-electron chi connectivity index (χ2n) is 5.53. The van der Waals surface area contributed by atoms with Crippen LogP contribution in [0.25, 0.3) is 11.3 Å². The Morgan fingerprint density at radius 2 is 1.93 bits per heavy atom. The van der Waals surface area contributed by atoms with Gasteiger partial charge < -0.3 is 21.1 Å². The molecule has 0 amide bonds. The Hall–Kier alpha value is -3.88. The molecule has 3 aromatic rings. The van der Waals surface area contributed by atoms with Crippen LogP contribution in [0.5, 0.6) is 5.88 Å². The zero-order chi connectivity index (χ0) is 19.2. The minimum absolute atomic E-state index is 0.137. The van der Waals surface area contributed by atoms with Crippen molar-refractivity contribution in [2.75, 3.05) is 10.6 Å². The zero-order valence-electron chi connectivity index (χ0n) is 14.1. The number of hydrogen-bond acceptors (Lipinski definition) is 7. The van der Waals surface area contributed by atoms with Gasteiger partial charge in [0.2, 0.25) is 11.8 Å². The van der Waals surface area contributed by atoms with E-state index in [4.69, 9.17) is 10.8 Å². The average Bonchev–Trinajstić information content (AvgIpc) is 2.67. The van der Waals surface area contributed by atoms with Crippen LogP contribution in [0.1, 0.15) is 5.56 Å². The van der Waals surface area contributed by atoms with Gasteiger partial charge in [0.25, 0.3) is 0 Å². The molecule has 0 saturated carbocycles. The Morgan fingerprint density at radius 3 is 2.63 bits per heavy atom. The molecule has 0 aliphatic rings. The molecule has 27 heavy (non-hydrogen) atoms. The highest BCUT2D eigenvalue weighted by atomic mass is 19.1. The molecular formula is C18H16FN7O. The molecule has 2 heterocycles. The summed E-state index contributed by atoms with van der Waals surface area (Å²) in [6.07, 6.45) is 2.30. The Labute approximate surface area is 154 Å². The van der Waals surface area contributed by atoms with Crippen molar-refractivity contribution in [2.45, 2.75) is 6.54 Å². The van der Waals surface area contributed by atoms with Crippen LogP contribution in [0.15, 0.2) is 48.7 Å². The minimum Gasteiger partial charge on any atom is -0.493 e. The van der Waals surface area contributed by atoms with Gasteiger partial charge in [0.05, 0.1) is 11.9 Å². The predicted octanol–water partition coefficient (Wildman–Crippen LogP) is 3.03. The van der Waals surface area contributed by atoms with Crippen molar-refractivity contribution in [3.8, 4) is 17.1 Å². The fraction of sp³-hybridized carbons (Fsp3) is 0.0556. The number of benzene rings is 1. The summed E-state index contributed by atoms with van der Waals surface area (Å²) in [5.74, 6) is -0.0126. The second kappa shape index (κ2) is 8.00. The fourth-order valence-electron chi connectivity index (χ4n) is 2.27. The minimum atomic E-state index is -0.314. The maximum absolute atomic E-state index is 13.0. The lowest BCUT2D eigenvalue weighted by atomic mass is 10.2. The molecule has 0 bridgehead atoms. The van der Waals surface area contributed by atoms with Gasteiger partial charge in [-0.25, -0.2) is 14.4 Å². The van der Waals surface area contributed by atoms with Gasteiger partial charge >= 0.3 is 0 Å². The van der Waals surface area contributed by atoms with Gasteiger partial charge in [0, 0.05) is 30.4 Å². The first-order valence-electron chi connectivity index (χ1n) is 7.92. The second-order valence-corrected chi connectivity index (χ2v) is 5.53. The van der Waals surface area contributed by atoms with Crippen LogP contribution in [0.3, 0.4) is 0 Å².